The van der Waals surface area contributed by atoms with Gasteiger partial charge in [-0.2, -0.15) is 5.26 Å². The number of carbonyl (C=O) groups excluding carboxylic acids is 2. The number of thioether (sulfide) groups is 1. The standard InChI is InChI=1S/C19H19N3O3S/c1-13-11-14(19(24)25-2)7-8-15(13)21-12-18(23)22-16-5-3-4-6-17(16)26-10-9-20/h3-8,11,21H,10,12H2,1-2H3,(H,22,23). The van der Waals surface area contributed by atoms with Gasteiger partial charge in [0.1, 0.15) is 0 Å². The lowest BCUT2D eigenvalue weighted by molar-refractivity contribution is -0.114. The van der Waals surface area contributed by atoms with E-state index >= 15 is 0 Å². The summed E-state index contributed by atoms with van der Waals surface area (Å²) in [6, 6.07) is 14.5. The number of nitriles is 1. The van der Waals surface area contributed by atoms with Crippen LogP contribution in [0.1, 0.15) is 15.9 Å². The average molecular weight is 369 g/mol. The number of anilines is 2. The van der Waals surface area contributed by atoms with Crippen LogP contribution in [-0.4, -0.2) is 31.3 Å². The van der Waals surface area contributed by atoms with E-state index in [0.717, 1.165) is 16.1 Å². The number of hydrogen-bond acceptors (Lipinski definition) is 6. The molecule has 2 N–H and O–H groups in total. The molecule has 2 rings (SSSR count). The number of benzene rings is 2. The number of methoxy groups -OCH3 is 1. The molecule has 2 aromatic rings. The molecule has 1 amide bonds. The predicted molar refractivity (Wildman–Crippen MR) is 102 cm³/mol. The van der Waals surface area contributed by atoms with E-state index in [1.54, 1.807) is 24.3 Å². The normalized spacial score (nSPS) is 9.88. The summed E-state index contributed by atoms with van der Waals surface area (Å²) in [7, 11) is 1.33. The van der Waals surface area contributed by atoms with Gasteiger partial charge >= 0.3 is 5.97 Å². The van der Waals surface area contributed by atoms with Gasteiger partial charge in [0.2, 0.25) is 5.91 Å². The number of ether oxygens (including phenoxy) is 1. The zero-order chi connectivity index (χ0) is 18.9. The molecular weight excluding hydrogens is 350 g/mol. The van der Waals surface area contributed by atoms with Crippen LogP contribution in [0.25, 0.3) is 0 Å². The highest BCUT2D eigenvalue weighted by Crippen LogP contribution is 2.26. The molecule has 26 heavy (non-hydrogen) atoms. The largest absolute Gasteiger partial charge is 0.465 e. The maximum atomic E-state index is 12.2. The van der Waals surface area contributed by atoms with E-state index in [1.807, 2.05) is 25.1 Å². The fourth-order valence-corrected chi connectivity index (χ4v) is 2.95. The summed E-state index contributed by atoms with van der Waals surface area (Å²) < 4.78 is 4.69. The van der Waals surface area contributed by atoms with Crippen molar-refractivity contribution in [1.82, 2.24) is 0 Å². The Morgan fingerprint density at radius 3 is 2.65 bits per heavy atom. The Bertz CT molecular complexity index is 846. The van der Waals surface area contributed by atoms with Crippen molar-refractivity contribution in [3.05, 3.63) is 53.6 Å². The van der Waals surface area contributed by atoms with E-state index in [4.69, 9.17) is 5.26 Å². The monoisotopic (exact) mass is 369 g/mol. The Kier molecular flexibility index (Phi) is 7.06. The minimum atomic E-state index is -0.399. The van der Waals surface area contributed by atoms with Crippen molar-refractivity contribution in [3.8, 4) is 6.07 Å². The van der Waals surface area contributed by atoms with E-state index < -0.39 is 5.97 Å². The van der Waals surface area contributed by atoms with Crippen LogP contribution in [0.5, 0.6) is 0 Å². The van der Waals surface area contributed by atoms with Crippen molar-refractivity contribution in [2.75, 3.05) is 30.0 Å². The van der Waals surface area contributed by atoms with Crippen molar-refractivity contribution in [3.63, 3.8) is 0 Å². The summed E-state index contributed by atoms with van der Waals surface area (Å²) in [5, 5.41) is 14.6. The quantitative estimate of drug-likeness (QED) is 0.574. The number of nitrogens with one attached hydrogen (secondary N) is 2. The van der Waals surface area contributed by atoms with Crippen LogP contribution in [0.15, 0.2) is 47.4 Å². The molecule has 0 bridgehead atoms. The third-order valence-corrected chi connectivity index (χ3v) is 4.48. The van der Waals surface area contributed by atoms with E-state index in [9.17, 15) is 9.59 Å². The topological polar surface area (TPSA) is 91.2 Å². The molecule has 0 aliphatic rings. The summed E-state index contributed by atoms with van der Waals surface area (Å²) in [4.78, 5) is 24.6. The van der Waals surface area contributed by atoms with Gasteiger partial charge in [0, 0.05) is 10.6 Å². The first-order valence-corrected chi connectivity index (χ1v) is 8.85. The fraction of sp³-hybridized carbons (Fsp3) is 0.211. The van der Waals surface area contributed by atoms with Crippen LogP contribution >= 0.6 is 11.8 Å². The predicted octanol–water partition coefficient (Wildman–Crippen LogP) is 3.45. The first-order valence-electron chi connectivity index (χ1n) is 7.86. The number of rotatable bonds is 7. The first-order chi connectivity index (χ1) is 12.5. The Labute approximate surface area is 156 Å². The molecule has 0 fully saturated rings. The van der Waals surface area contributed by atoms with Crippen LogP contribution in [-0.2, 0) is 9.53 Å². The molecule has 0 aliphatic heterocycles. The SMILES string of the molecule is COC(=O)c1ccc(NCC(=O)Nc2ccccc2SCC#N)c(C)c1. The molecule has 0 unspecified atom stereocenters. The van der Waals surface area contributed by atoms with Crippen LogP contribution in [0.3, 0.4) is 0 Å². The van der Waals surface area contributed by atoms with Gasteiger partial charge in [0.25, 0.3) is 0 Å². The van der Waals surface area contributed by atoms with Gasteiger partial charge in [-0.05, 0) is 42.8 Å². The summed E-state index contributed by atoms with van der Waals surface area (Å²) in [5.41, 5.74) is 2.74. The van der Waals surface area contributed by atoms with Crippen LogP contribution in [0.2, 0.25) is 0 Å². The highest BCUT2D eigenvalue weighted by molar-refractivity contribution is 7.99. The Morgan fingerprint density at radius 1 is 1.19 bits per heavy atom. The van der Waals surface area contributed by atoms with Gasteiger partial charge < -0.3 is 15.4 Å². The first kappa shape index (κ1) is 19.3. The lowest BCUT2D eigenvalue weighted by Gasteiger charge is -2.12. The Hall–Kier alpha value is -2.98. The minimum Gasteiger partial charge on any atom is -0.465 e. The van der Waals surface area contributed by atoms with Crippen molar-refractivity contribution in [2.24, 2.45) is 0 Å². The molecule has 134 valence electrons. The number of hydrogen-bond donors (Lipinski definition) is 2. The number of carbonyl (C=O) groups is 2. The molecule has 0 radical (unpaired) electrons. The minimum absolute atomic E-state index is 0.0790. The number of nitrogens with zero attached hydrogens (tertiary/aromatic N) is 1. The third-order valence-electron chi connectivity index (χ3n) is 3.54. The van der Waals surface area contributed by atoms with Crippen molar-refractivity contribution < 1.29 is 14.3 Å². The summed E-state index contributed by atoms with van der Waals surface area (Å²) in [5.74, 6) is -0.285. The van der Waals surface area contributed by atoms with Crippen LogP contribution in [0, 0.1) is 18.3 Å². The van der Waals surface area contributed by atoms with E-state index in [-0.39, 0.29) is 12.5 Å². The molecular formula is C19H19N3O3S. The molecule has 0 atom stereocenters. The van der Waals surface area contributed by atoms with E-state index in [1.165, 1.54) is 18.9 Å². The molecule has 2 aromatic carbocycles. The van der Waals surface area contributed by atoms with Crippen LogP contribution < -0.4 is 10.6 Å². The Balaban J connectivity index is 1.97. The number of esters is 1. The van der Waals surface area contributed by atoms with Crippen molar-refractivity contribution >= 4 is 35.0 Å². The Morgan fingerprint density at radius 2 is 1.96 bits per heavy atom. The highest BCUT2D eigenvalue weighted by Gasteiger charge is 2.10. The zero-order valence-electron chi connectivity index (χ0n) is 14.5. The molecule has 0 aliphatic carbocycles. The van der Waals surface area contributed by atoms with Gasteiger partial charge in [-0.15, -0.1) is 11.8 Å². The van der Waals surface area contributed by atoms with E-state index in [2.05, 4.69) is 21.4 Å². The van der Waals surface area contributed by atoms with Crippen LogP contribution in [0.4, 0.5) is 11.4 Å². The van der Waals surface area contributed by atoms with Crippen molar-refractivity contribution in [2.45, 2.75) is 11.8 Å². The second kappa shape index (κ2) is 9.49. The van der Waals surface area contributed by atoms with Gasteiger partial charge in [0.15, 0.2) is 0 Å². The third kappa shape index (κ3) is 5.26. The van der Waals surface area contributed by atoms with E-state index in [0.29, 0.717) is 17.0 Å². The summed E-state index contributed by atoms with van der Waals surface area (Å²) in [6.07, 6.45) is 0. The average Bonchev–Trinajstić information content (AvgIpc) is 2.65. The second-order valence-corrected chi connectivity index (χ2v) is 6.38. The number of aryl methyl sites for hydroxylation is 1. The van der Waals surface area contributed by atoms with Gasteiger partial charge in [-0.3, -0.25) is 4.79 Å². The highest BCUT2D eigenvalue weighted by atomic mass is 32.2. The zero-order valence-corrected chi connectivity index (χ0v) is 15.4. The number of amides is 1. The molecule has 0 aromatic heterocycles. The maximum Gasteiger partial charge on any atom is 0.337 e. The number of para-hydroxylation sites is 1. The lowest BCUT2D eigenvalue weighted by atomic mass is 10.1. The van der Waals surface area contributed by atoms with Gasteiger partial charge in [-0.1, -0.05) is 12.1 Å². The lowest BCUT2D eigenvalue weighted by Crippen LogP contribution is -2.22. The molecule has 6 nitrogen and oxygen atoms in total. The molecule has 0 saturated carbocycles. The van der Waals surface area contributed by atoms with Gasteiger partial charge in [0.05, 0.1) is 36.7 Å². The molecule has 0 saturated heterocycles. The second-order valence-electron chi connectivity index (χ2n) is 5.37. The fourth-order valence-electron chi connectivity index (χ4n) is 2.28. The van der Waals surface area contributed by atoms with Crippen molar-refractivity contribution in [1.29, 1.82) is 5.26 Å². The smallest absolute Gasteiger partial charge is 0.337 e. The maximum absolute atomic E-state index is 12.2. The summed E-state index contributed by atoms with van der Waals surface area (Å²) >= 11 is 1.37. The molecule has 0 spiro atoms. The molecule has 7 heteroatoms. The van der Waals surface area contributed by atoms with Gasteiger partial charge in [-0.25, -0.2) is 4.79 Å². The molecule has 0 heterocycles. The summed E-state index contributed by atoms with van der Waals surface area (Å²) in [6.45, 7) is 1.93.